The van der Waals surface area contributed by atoms with E-state index in [9.17, 15) is 4.79 Å². The SMILES string of the molecule is CC(C)c1[nH]nc(C(=O)NCCNc2ncc(Cl)cc2Cl)c1Br. The van der Waals surface area contributed by atoms with Gasteiger partial charge in [-0.1, -0.05) is 37.0 Å². The molecule has 0 aliphatic rings. The molecule has 0 saturated carbocycles. The van der Waals surface area contributed by atoms with E-state index in [4.69, 9.17) is 23.2 Å². The third kappa shape index (κ3) is 4.59. The summed E-state index contributed by atoms with van der Waals surface area (Å²) in [6.07, 6.45) is 1.50. The van der Waals surface area contributed by atoms with Crippen LogP contribution in [-0.4, -0.2) is 34.2 Å². The number of rotatable bonds is 6. The van der Waals surface area contributed by atoms with E-state index >= 15 is 0 Å². The summed E-state index contributed by atoms with van der Waals surface area (Å²) in [6, 6.07) is 1.60. The first-order valence-corrected chi connectivity index (χ1v) is 8.52. The first-order chi connectivity index (χ1) is 10.9. The van der Waals surface area contributed by atoms with Crippen molar-refractivity contribution < 1.29 is 4.79 Å². The summed E-state index contributed by atoms with van der Waals surface area (Å²) in [5.41, 5.74) is 1.24. The molecule has 2 heterocycles. The summed E-state index contributed by atoms with van der Waals surface area (Å²) >= 11 is 15.2. The first-order valence-electron chi connectivity index (χ1n) is 6.97. The predicted octanol–water partition coefficient (Wildman–Crippen LogP) is 3.84. The van der Waals surface area contributed by atoms with E-state index in [0.717, 1.165) is 5.69 Å². The fourth-order valence-corrected chi connectivity index (χ4v) is 3.12. The Balaban J connectivity index is 1.85. The third-order valence-electron chi connectivity index (χ3n) is 3.04. The fourth-order valence-electron chi connectivity index (χ4n) is 1.86. The number of anilines is 1. The second-order valence-electron chi connectivity index (χ2n) is 5.12. The maximum atomic E-state index is 12.1. The van der Waals surface area contributed by atoms with Crippen molar-refractivity contribution in [2.24, 2.45) is 0 Å². The number of nitrogens with one attached hydrogen (secondary N) is 3. The number of halogens is 3. The van der Waals surface area contributed by atoms with Gasteiger partial charge in [-0.3, -0.25) is 9.89 Å². The van der Waals surface area contributed by atoms with Gasteiger partial charge in [0.05, 0.1) is 20.2 Å². The van der Waals surface area contributed by atoms with Crippen molar-refractivity contribution >= 4 is 50.9 Å². The van der Waals surface area contributed by atoms with Crippen molar-refractivity contribution in [1.29, 1.82) is 0 Å². The van der Waals surface area contributed by atoms with Crippen molar-refractivity contribution in [3.63, 3.8) is 0 Å². The summed E-state index contributed by atoms with van der Waals surface area (Å²) in [6.45, 7) is 4.91. The number of amides is 1. The van der Waals surface area contributed by atoms with Crippen molar-refractivity contribution in [3.8, 4) is 0 Å². The summed E-state index contributed by atoms with van der Waals surface area (Å²) < 4.78 is 0.695. The van der Waals surface area contributed by atoms with Crippen LogP contribution in [0.15, 0.2) is 16.7 Å². The summed E-state index contributed by atoms with van der Waals surface area (Å²) in [5, 5.41) is 13.6. The van der Waals surface area contributed by atoms with Crippen LogP contribution in [0.4, 0.5) is 5.82 Å². The molecule has 0 aromatic carbocycles. The minimum Gasteiger partial charge on any atom is -0.367 e. The highest BCUT2D eigenvalue weighted by atomic mass is 79.9. The van der Waals surface area contributed by atoms with Crippen LogP contribution in [0.5, 0.6) is 0 Å². The summed E-state index contributed by atoms with van der Waals surface area (Å²) in [5.74, 6) is 0.517. The molecule has 9 heteroatoms. The molecule has 0 bridgehead atoms. The molecular formula is C14H16BrCl2N5O. The molecule has 0 unspecified atom stereocenters. The summed E-state index contributed by atoms with van der Waals surface area (Å²) in [4.78, 5) is 16.2. The molecule has 0 atom stereocenters. The van der Waals surface area contributed by atoms with E-state index < -0.39 is 0 Å². The van der Waals surface area contributed by atoms with E-state index in [1.165, 1.54) is 6.20 Å². The number of hydrogen-bond acceptors (Lipinski definition) is 4. The molecule has 0 aliphatic carbocycles. The molecule has 2 aromatic heterocycles. The molecule has 124 valence electrons. The lowest BCUT2D eigenvalue weighted by Gasteiger charge is -2.08. The molecule has 2 aromatic rings. The van der Waals surface area contributed by atoms with Crippen LogP contribution in [0, 0.1) is 0 Å². The number of aromatic nitrogens is 3. The van der Waals surface area contributed by atoms with Gasteiger partial charge in [0, 0.05) is 19.3 Å². The van der Waals surface area contributed by atoms with Gasteiger partial charge in [-0.15, -0.1) is 0 Å². The smallest absolute Gasteiger partial charge is 0.273 e. The lowest BCUT2D eigenvalue weighted by atomic mass is 10.1. The highest BCUT2D eigenvalue weighted by molar-refractivity contribution is 9.10. The predicted molar refractivity (Wildman–Crippen MR) is 95.5 cm³/mol. The van der Waals surface area contributed by atoms with E-state index in [1.807, 2.05) is 13.8 Å². The van der Waals surface area contributed by atoms with Crippen LogP contribution in [0.3, 0.4) is 0 Å². The monoisotopic (exact) mass is 419 g/mol. The number of hydrogen-bond donors (Lipinski definition) is 3. The van der Waals surface area contributed by atoms with Crippen LogP contribution in [-0.2, 0) is 0 Å². The number of carbonyl (C=O) groups excluding carboxylic acids is 1. The number of pyridine rings is 1. The van der Waals surface area contributed by atoms with E-state index in [2.05, 4.69) is 41.7 Å². The number of nitrogens with zero attached hydrogens (tertiary/aromatic N) is 2. The van der Waals surface area contributed by atoms with Gasteiger partial charge < -0.3 is 10.6 Å². The van der Waals surface area contributed by atoms with Crippen molar-refractivity contribution in [1.82, 2.24) is 20.5 Å². The molecule has 0 spiro atoms. The molecule has 3 N–H and O–H groups in total. The Morgan fingerprint density at radius 1 is 1.39 bits per heavy atom. The Hall–Kier alpha value is -1.31. The number of carbonyl (C=O) groups is 1. The quantitative estimate of drug-likeness (QED) is 0.620. The van der Waals surface area contributed by atoms with Gasteiger partial charge in [0.25, 0.3) is 5.91 Å². The molecule has 2 rings (SSSR count). The maximum Gasteiger partial charge on any atom is 0.273 e. The molecule has 1 amide bonds. The Labute approximate surface area is 152 Å². The molecular weight excluding hydrogens is 405 g/mol. The second kappa shape index (κ2) is 7.99. The van der Waals surface area contributed by atoms with Gasteiger partial charge in [-0.2, -0.15) is 5.10 Å². The number of H-pyrrole nitrogens is 1. The normalized spacial score (nSPS) is 10.9. The first kappa shape index (κ1) is 18.0. The number of aromatic amines is 1. The van der Waals surface area contributed by atoms with E-state index in [-0.39, 0.29) is 11.8 Å². The van der Waals surface area contributed by atoms with Gasteiger partial charge >= 0.3 is 0 Å². The zero-order valence-corrected chi connectivity index (χ0v) is 15.7. The van der Waals surface area contributed by atoms with Crippen LogP contribution in [0.2, 0.25) is 10.0 Å². The third-order valence-corrected chi connectivity index (χ3v) is 4.33. The Morgan fingerprint density at radius 3 is 2.74 bits per heavy atom. The van der Waals surface area contributed by atoms with Crippen LogP contribution in [0.25, 0.3) is 0 Å². The summed E-state index contributed by atoms with van der Waals surface area (Å²) in [7, 11) is 0. The zero-order chi connectivity index (χ0) is 17.0. The molecule has 0 radical (unpaired) electrons. The molecule has 6 nitrogen and oxygen atoms in total. The van der Waals surface area contributed by atoms with Crippen LogP contribution >= 0.6 is 39.1 Å². The van der Waals surface area contributed by atoms with Crippen LogP contribution in [0.1, 0.15) is 35.9 Å². The molecule has 0 aliphatic heterocycles. The van der Waals surface area contributed by atoms with E-state index in [0.29, 0.717) is 39.1 Å². The Bertz CT molecular complexity index is 704. The van der Waals surface area contributed by atoms with Crippen molar-refractivity contribution in [2.45, 2.75) is 19.8 Å². The average Bonchev–Trinajstić information content (AvgIpc) is 2.87. The Kier molecular flexibility index (Phi) is 6.26. The molecule has 0 fully saturated rings. The minimum atomic E-state index is -0.253. The second-order valence-corrected chi connectivity index (χ2v) is 6.76. The van der Waals surface area contributed by atoms with Gasteiger partial charge in [0.2, 0.25) is 0 Å². The minimum absolute atomic E-state index is 0.248. The van der Waals surface area contributed by atoms with E-state index in [1.54, 1.807) is 6.07 Å². The highest BCUT2D eigenvalue weighted by Crippen LogP contribution is 2.25. The maximum absolute atomic E-state index is 12.1. The lowest BCUT2D eigenvalue weighted by molar-refractivity contribution is 0.0949. The van der Waals surface area contributed by atoms with Crippen LogP contribution < -0.4 is 10.6 Å². The van der Waals surface area contributed by atoms with Crippen molar-refractivity contribution in [2.75, 3.05) is 18.4 Å². The largest absolute Gasteiger partial charge is 0.367 e. The zero-order valence-electron chi connectivity index (χ0n) is 12.6. The fraction of sp³-hybridized carbons (Fsp3) is 0.357. The van der Waals surface area contributed by atoms with Gasteiger partial charge in [0.15, 0.2) is 5.69 Å². The topological polar surface area (TPSA) is 82.7 Å². The van der Waals surface area contributed by atoms with Gasteiger partial charge in [-0.25, -0.2) is 4.98 Å². The van der Waals surface area contributed by atoms with Gasteiger partial charge in [-0.05, 0) is 27.9 Å². The molecule has 0 saturated heterocycles. The standard InChI is InChI=1S/C14H16BrCl2N5O/c1-7(2)11-10(15)12(22-21-11)14(23)19-4-3-18-13-9(17)5-8(16)6-20-13/h5-7H,3-4H2,1-2H3,(H,18,20)(H,19,23)(H,21,22). The lowest BCUT2D eigenvalue weighted by Crippen LogP contribution is -2.29. The molecule has 23 heavy (non-hydrogen) atoms. The average molecular weight is 421 g/mol. The highest BCUT2D eigenvalue weighted by Gasteiger charge is 2.18. The van der Waals surface area contributed by atoms with Crippen molar-refractivity contribution in [3.05, 3.63) is 38.2 Å². The Morgan fingerprint density at radius 2 is 2.13 bits per heavy atom. The van der Waals surface area contributed by atoms with Gasteiger partial charge in [0.1, 0.15) is 5.82 Å².